The summed E-state index contributed by atoms with van der Waals surface area (Å²) in [4.78, 5) is 30.8. The molecule has 0 radical (unpaired) electrons. The van der Waals surface area contributed by atoms with Gasteiger partial charge < -0.3 is 28.2 Å². The Morgan fingerprint density at radius 3 is 2.62 bits per heavy atom. The van der Waals surface area contributed by atoms with E-state index in [2.05, 4.69) is 4.98 Å². The van der Waals surface area contributed by atoms with Gasteiger partial charge in [-0.1, -0.05) is 11.6 Å². The fourth-order valence-electron chi connectivity index (χ4n) is 5.31. The summed E-state index contributed by atoms with van der Waals surface area (Å²) in [6, 6.07) is 18.0. The fourth-order valence-corrected chi connectivity index (χ4v) is 5.43. The monoisotopic (exact) mass is 558 g/mol. The van der Waals surface area contributed by atoms with Crippen molar-refractivity contribution >= 4 is 34.4 Å². The smallest absolute Gasteiger partial charge is 0.303 e. The first-order valence-electron chi connectivity index (χ1n) is 12.9. The van der Waals surface area contributed by atoms with Crippen LogP contribution in [0.3, 0.4) is 0 Å². The lowest BCUT2D eigenvalue weighted by Gasteiger charge is -2.34. The molecule has 5 aromatic rings. The summed E-state index contributed by atoms with van der Waals surface area (Å²) in [6.07, 6.45) is 0.646. The van der Waals surface area contributed by atoms with Gasteiger partial charge in [0.05, 0.1) is 18.4 Å². The van der Waals surface area contributed by atoms with E-state index in [0.717, 1.165) is 33.5 Å². The van der Waals surface area contributed by atoms with Gasteiger partial charge in [0.1, 0.15) is 41.4 Å². The Labute approximate surface area is 235 Å². The fraction of sp³-hybridized carbons (Fsp3) is 0.226. The zero-order chi connectivity index (χ0) is 28.0. The van der Waals surface area contributed by atoms with Crippen molar-refractivity contribution in [2.75, 3.05) is 13.7 Å². The van der Waals surface area contributed by atoms with Gasteiger partial charge in [-0.3, -0.25) is 9.59 Å². The topological polar surface area (TPSA) is 97.9 Å². The van der Waals surface area contributed by atoms with Gasteiger partial charge in [-0.15, -0.1) is 0 Å². The number of aromatic nitrogens is 1. The Morgan fingerprint density at radius 2 is 1.88 bits per heavy atom. The van der Waals surface area contributed by atoms with Gasteiger partial charge in [0.2, 0.25) is 0 Å². The molecule has 2 aromatic carbocycles. The predicted octanol–water partition coefficient (Wildman–Crippen LogP) is 6.84. The Hall–Kier alpha value is -4.43. The van der Waals surface area contributed by atoms with E-state index in [1.54, 1.807) is 43.2 Å². The average Bonchev–Trinajstić information content (AvgIpc) is 3.67. The van der Waals surface area contributed by atoms with Crippen LogP contribution in [0.15, 0.2) is 69.5 Å². The minimum atomic E-state index is -0.533. The molecule has 3 aromatic heterocycles. The van der Waals surface area contributed by atoms with E-state index in [1.807, 2.05) is 36.4 Å². The van der Waals surface area contributed by atoms with Crippen LogP contribution in [0.25, 0.3) is 22.2 Å². The number of H-pyrrole nitrogens is 1. The number of aryl methyl sites for hydroxylation is 1. The first-order valence-corrected chi connectivity index (χ1v) is 13.3. The van der Waals surface area contributed by atoms with Crippen molar-refractivity contribution in [3.05, 3.63) is 99.8 Å². The van der Waals surface area contributed by atoms with Crippen molar-refractivity contribution in [2.45, 2.75) is 32.9 Å². The van der Waals surface area contributed by atoms with Crippen molar-refractivity contribution in [3.63, 3.8) is 0 Å². The molecule has 1 amide bonds. The van der Waals surface area contributed by atoms with E-state index < -0.39 is 12.0 Å². The summed E-state index contributed by atoms with van der Waals surface area (Å²) < 4.78 is 22.8. The Bertz CT molecular complexity index is 1730. The first kappa shape index (κ1) is 25.8. The van der Waals surface area contributed by atoms with Gasteiger partial charge in [0.15, 0.2) is 0 Å². The van der Waals surface area contributed by atoms with Gasteiger partial charge in [0.25, 0.3) is 5.91 Å². The van der Waals surface area contributed by atoms with E-state index >= 15 is 0 Å². The SMILES string of the molecule is COc1ccc2[nH]c3c(c2c1)CCN(C(=O)c1cc(-c2ccc(Cl)cc2)oc1C)[C@H]3c1ccc(COC(C)=O)o1. The summed E-state index contributed by atoms with van der Waals surface area (Å²) in [5.41, 5.74) is 4.22. The average molecular weight is 559 g/mol. The maximum absolute atomic E-state index is 14.2. The van der Waals surface area contributed by atoms with E-state index in [0.29, 0.717) is 46.6 Å². The molecule has 204 valence electrons. The second kappa shape index (κ2) is 10.3. The first-order chi connectivity index (χ1) is 19.3. The minimum absolute atomic E-state index is 0.0120. The lowest BCUT2D eigenvalue weighted by atomic mass is 9.95. The van der Waals surface area contributed by atoms with E-state index in [-0.39, 0.29) is 12.5 Å². The number of aromatic amines is 1. The number of halogens is 1. The molecule has 40 heavy (non-hydrogen) atoms. The molecule has 4 heterocycles. The highest BCUT2D eigenvalue weighted by atomic mass is 35.5. The highest BCUT2D eigenvalue weighted by molar-refractivity contribution is 6.30. The molecule has 0 fully saturated rings. The number of carbonyl (C=O) groups is 2. The van der Waals surface area contributed by atoms with Gasteiger partial charge in [-0.05, 0) is 79.6 Å². The minimum Gasteiger partial charge on any atom is -0.497 e. The molecular formula is C31H27ClN2O6. The predicted molar refractivity (Wildman–Crippen MR) is 150 cm³/mol. The molecular weight excluding hydrogens is 532 g/mol. The molecule has 1 aliphatic rings. The number of nitrogens with one attached hydrogen (secondary N) is 1. The van der Waals surface area contributed by atoms with Gasteiger partial charge in [-0.2, -0.15) is 0 Å². The van der Waals surface area contributed by atoms with E-state index in [4.69, 9.17) is 29.9 Å². The standard InChI is InChI=1S/C31H27ClN2O6/c1-17-24(15-28(39-17)19-4-6-20(32)7-5-19)31(36)34-13-12-23-25-14-21(37-3)8-10-26(25)33-29(23)30(34)27-11-9-22(40-27)16-38-18(2)35/h4-11,14-15,30,33H,12-13,16H2,1-3H3/t30-/m0/s1. The molecule has 1 atom stereocenters. The van der Waals surface area contributed by atoms with Crippen molar-refractivity contribution in [1.29, 1.82) is 0 Å². The van der Waals surface area contributed by atoms with Crippen molar-refractivity contribution in [2.24, 2.45) is 0 Å². The molecule has 0 saturated carbocycles. The lowest BCUT2D eigenvalue weighted by Crippen LogP contribution is -2.40. The highest BCUT2D eigenvalue weighted by Gasteiger charge is 2.38. The van der Waals surface area contributed by atoms with Gasteiger partial charge in [0, 0.05) is 35.0 Å². The summed E-state index contributed by atoms with van der Waals surface area (Å²) in [5, 5.41) is 1.67. The quantitative estimate of drug-likeness (QED) is 0.229. The number of hydrogen-bond acceptors (Lipinski definition) is 6. The molecule has 0 spiro atoms. The van der Waals surface area contributed by atoms with Crippen LogP contribution in [0.1, 0.15) is 51.9 Å². The Morgan fingerprint density at radius 1 is 1.07 bits per heavy atom. The molecule has 8 nitrogen and oxygen atoms in total. The van der Waals surface area contributed by atoms with Crippen molar-refractivity contribution in [3.8, 4) is 17.1 Å². The number of benzene rings is 2. The number of methoxy groups -OCH3 is 1. The maximum atomic E-state index is 14.2. The number of ether oxygens (including phenoxy) is 2. The second-order valence-corrected chi connectivity index (χ2v) is 10.2. The Balaban J connectivity index is 1.42. The molecule has 0 aliphatic carbocycles. The Kier molecular flexibility index (Phi) is 6.64. The number of furan rings is 2. The third-order valence-electron chi connectivity index (χ3n) is 7.24. The molecule has 0 unspecified atom stereocenters. The zero-order valence-electron chi connectivity index (χ0n) is 22.2. The number of nitrogens with zero attached hydrogens (tertiary/aromatic N) is 1. The van der Waals surface area contributed by atoms with Crippen LogP contribution in [0.2, 0.25) is 5.02 Å². The maximum Gasteiger partial charge on any atom is 0.303 e. The number of fused-ring (bicyclic) bond motifs is 3. The van der Waals surface area contributed by atoms with Crippen molar-refractivity contribution < 1.29 is 27.9 Å². The molecule has 1 aliphatic heterocycles. The van der Waals surface area contributed by atoms with Crippen LogP contribution in [0.4, 0.5) is 0 Å². The van der Waals surface area contributed by atoms with Crippen LogP contribution in [-0.4, -0.2) is 35.4 Å². The summed E-state index contributed by atoms with van der Waals surface area (Å²) in [7, 11) is 1.64. The molecule has 6 rings (SSSR count). The number of hydrogen-bond donors (Lipinski definition) is 1. The number of esters is 1. The van der Waals surface area contributed by atoms with Crippen LogP contribution >= 0.6 is 11.6 Å². The molecule has 0 saturated heterocycles. The second-order valence-electron chi connectivity index (χ2n) is 9.75. The molecule has 1 N–H and O–H groups in total. The summed E-state index contributed by atoms with van der Waals surface area (Å²) in [5.74, 6) is 2.36. The highest BCUT2D eigenvalue weighted by Crippen LogP contribution is 2.41. The normalized spacial score (nSPS) is 14.8. The third-order valence-corrected chi connectivity index (χ3v) is 7.49. The van der Waals surface area contributed by atoms with Crippen LogP contribution in [0, 0.1) is 6.92 Å². The van der Waals surface area contributed by atoms with Gasteiger partial charge >= 0.3 is 5.97 Å². The van der Waals surface area contributed by atoms with E-state index in [1.165, 1.54) is 6.92 Å². The number of rotatable bonds is 6. The van der Waals surface area contributed by atoms with Crippen LogP contribution in [-0.2, 0) is 22.6 Å². The third kappa shape index (κ3) is 4.64. The summed E-state index contributed by atoms with van der Waals surface area (Å²) >= 11 is 6.05. The number of carbonyl (C=O) groups excluding carboxylic acids is 2. The lowest BCUT2D eigenvalue weighted by molar-refractivity contribution is -0.142. The van der Waals surface area contributed by atoms with Crippen molar-refractivity contribution in [1.82, 2.24) is 9.88 Å². The largest absolute Gasteiger partial charge is 0.497 e. The summed E-state index contributed by atoms with van der Waals surface area (Å²) in [6.45, 7) is 3.61. The van der Waals surface area contributed by atoms with Crippen LogP contribution in [0.5, 0.6) is 5.75 Å². The van der Waals surface area contributed by atoms with Gasteiger partial charge in [-0.25, -0.2) is 0 Å². The number of amides is 1. The molecule has 9 heteroatoms. The molecule has 0 bridgehead atoms. The van der Waals surface area contributed by atoms with Crippen LogP contribution < -0.4 is 4.74 Å². The zero-order valence-corrected chi connectivity index (χ0v) is 23.0. The van der Waals surface area contributed by atoms with E-state index in [9.17, 15) is 9.59 Å².